The number of fused-ring (bicyclic) bond motifs is 1. The third kappa shape index (κ3) is 2.40. The Morgan fingerprint density at radius 1 is 1.50 bits per heavy atom. The van der Waals surface area contributed by atoms with Crippen LogP contribution in [0.3, 0.4) is 0 Å². The van der Waals surface area contributed by atoms with Gasteiger partial charge in [0.2, 0.25) is 5.91 Å². The van der Waals surface area contributed by atoms with Gasteiger partial charge in [-0.3, -0.25) is 4.79 Å². The Hall–Kier alpha value is -1.52. The van der Waals surface area contributed by atoms with E-state index in [9.17, 15) is 9.59 Å². The molecule has 5 nitrogen and oxygen atoms in total. The Balaban J connectivity index is 1.92. The number of hydrogen-bond acceptors (Lipinski definition) is 5. The highest BCUT2D eigenvalue weighted by Gasteiger charge is 2.57. The average molecular weight is 381 g/mol. The van der Waals surface area contributed by atoms with Gasteiger partial charge in [-0.25, -0.2) is 4.79 Å². The molecule has 3 rings (SSSR count). The Kier molecular flexibility index (Phi) is 4.15. The zero-order chi connectivity index (χ0) is 15.7. The maximum Gasteiger partial charge on any atom is 0.330 e. The zero-order valence-electron chi connectivity index (χ0n) is 11.6. The number of carbonyl (C=O) groups is 2. The van der Waals surface area contributed by atoms with E-state index in [1.165, 1.54) is 0 Å². The first-order chi connectivity index (χ1) is 10.6. The summed E-state index contributed by atoms with van der Waals surface area (Å²) in [6.07, 6.45) is 1.10. The van der Waals surface area contributed by atoms with E-state index in [2.05, 4.69) is 15.9 Å². The van der Waals surface area contributed by atoms with Crippen molar-refractivity contribution < 1.29 is 14.3 Å². The number of amides is 1. The molecule has 1 amide bonds. The van der Waals surface area contributed by atoms with Gasteiger partial charge in [-0.2, -0.15) is 5.26 Å². The summed E-state index contributed by atoms with van der Waals surface area (Å²) in [6, 6.07) is 9.00. The average Bonchev–Trinajstić information content (AvgIpc) is 3.05. The first-order valence-corrected chi connectivity index (χ1v) is 8.62. The normalized spacial score (nSPS) is 26.6. The molecule has 1 aromatic rings. The third-order valence-corrected chi connectivity index (χ3v) is 6.10. The van der Waals surface area contributed by atoms with Gasteiger partial charge in [-0.1, -0.05) is 28.1 Å². The van der Waals surface area contributed by atoms with Gasteiger partial charge < -0.3 is 9.64 Å². The van der Waals surface area contributed by atoms with Crippen LogP contribution in [0.25, 0.3) is 0 Å². The topological polar surface area (TPSA) is 70.4 Å². The van der Waals surface area contributed by atoms with Crippen molar-refractivity contribution in [1.82, 2.24) is 4.90 Å². The Bertz CT molecular complexity index is 658. The van der Waals surface area contributed by atoms with Crippen molar-refractivity contribution in [3.63, 3.8) is 0 Å². The summed E-state index contributed by atoms with van der Waals surface area (Å²) in [7, 11) is 0. The Labute approximate surface area is 140 Å². The lowest BCUT2D eigenvalue weighted by Gasteiger charge is -2.33. The highest BCUT2D eigenvalue weighted by Crippen LogP contribution is 2.54. The van der Waals surface area contributed by atoms with Crippen molar-refractivity contribution in [2.45, 2.75) is 23.8 Å². The minimum Gasteiger partial charge on any atom is -0.449 e. The maximum absolute atomic E-state index is 12.3. The number of thioether (sulfide) groups is 1. The van der Waals surface area contributed by atoms with Crippen molar-refractivity contribution in [2.75, 3.05) is 12.4 Å². The molecule has 2 aliphatic heterocycles. The molecule has 0 saturated carbocycles. The molecular formula is C15H13BrN2O3S. The number of halogens is 1. The predicted octanol–water partition coefficient (Wildman–Crippen LogP) is 2.41. The van der Waals surface area contributed by atoms with E-state index in [4.69, 9.17) is 10.00 Å². The highest BCUT2D eigenvalue weighted by molar-refractivity contribution is 9.10. The monoisotopic (exact) mass is 380 g/mol. The van der Waals surface area contributed by atoms with Crippen molar-refractivity contribution in [3.8, 4) is 6.07 Å². The number of nitrogens with zero attached hydrogens (tertiary/aromatic N) is 2. The van der Waals surface area contributed by atoms with Crippen molar-refractivity contribution in [3.05, 3.63) is 34.3 Å². The van der Waals surface area contributed by atoms with Gasteiger partial charge in [0, 0.05) is 16.6 Å². The second-order valence-corrected chi connectivity index (χ2v) is 7.36. The van der Waals surface area contributed by atoms with E-state index in [1.54, 1.807) is 22.7 Å². The smallest absolute Gasteiger partial charge is 0.330 e. The van der Waals surface area contributed by atoms with Crippen LogP contribution >= 0.6 is 27.7 Å². The summed E-state index contributed by atoms with van der Waals surface area (Å²) in [5, 5.41) is 8.53. The van der Waals surface area contributed by atoms with E-state index in [0.717, 1.165) is 10.0 Å². The summed E-state index contributed by atoms with van der Waals surface area (Å²) in [5.74, 6) is -0.0402. The standard InChI is InChI=1S/C15H13BrN2O3S/c16-11-3-1-10(2-4-11)15-6-5-13(19)18(15)12(9-22-15)14(20)21-8-7-17/h1-4,12H,5-6,8-9H2/t12-,15-/m0/s1. The first kappa shape index (κ1) is 15.4. The lowest BCUT2D eigenvalue weighted by atomic mass is 10.0. The summed E-state index contributed by atoms with van der Waals surface area (Å²) in [6.45, 7) is -0.284. The molecule has 2 atom stereocenters. The fourth-order valence-electron chi connectivity index (χ4n) is 3.03. The number of esters is 1. The van der Waals surface area contributed by atoms with Gasteiger partial charge in [-0.05, 0) is 24.1 Å². The molecule has 0 N–H and O–H groups in total. The number of nitriles is 1. The number of rotatable bonds is 3. The third-order valence-electron chi connectivity index (χ3n) is 3.97. The largest absolute Gasteiger partial charge is 0.449 e. The fraction of sp³-hybridized carbons (Fsp3) is 0.400. The maximum atomic E-state index is 12.3. The van der Waals surface area contributed by atoms with Crippen LogP contribution < -0.4 is 0 Å². The number of carbonyl (C=O) groups excluding carboxylic acids is 2. The van der Waals surface area contributed by atoms with Gasteiger partial charge >= 0.3 is 5.97 Å². The summed E-state index contributed by atoms with van der Waals surface area (Å²) >= 11 is 5.01. The number of hydrogen-bond donors (Lipinski definition) is 0. The zero-order valence-corrected chi connectivity index (χ0v) is 14.0. The summed E-state index contributed by atoms with van der Waals surface area (Å²) in [5.41, 5.74) is 1.02. The van der Waals surface area contributed by atoms with Gasteiger partial charge in [0.15, 0.2) is 6.61 Å². The van der Waals surface area contributed by atoms with E-state index in [-0.39, 0.29) is 12.5 Å². The molecule has 0 spiro atoms. The van der Waals surface area contributed by atoms with Crippen molar-refractivity contribution in [1.29, 1.82) is 5.26 Å². The fourth-order valence-corrected chi connectivity index (χ4v) is 4.93. The van der Waals surface area contributed by atoms with Crippen LogP contribution in [-0.4, -0.2) is 35.2 Å². The molecule has 22 heavy (non-hydrogen) atoms. The van der Waals surface area contributed by atoms with Gasteiger partial charge in [-0.15, -0.1) is 11.8 Å². The molecule has 114 valence electrons. The summed E-state index contributed by atoms with van der Waals surface area (Å²) < 4.78 is 5.89. The molecule has 0 aromatic heterocycles. The highest BCUT2D eigenvalue weighted by atomic mass is 79.9. The minimum atomic E-state index is -0.614. The van der Waals surface area contributed by atoms with Crippen molar-refractivity contribution >= 4 is 39.6 Å². The van der Waals surface area contributed by atoms with Crippen LogP contribution in [0.15, 0.2) is 28.7 Å². The molecule has 1 aromatic carbocycles. The molecule has 0 aliphatic carbocycles. The molecule has 0 unspecified atom stereocenters. The van der Waals surface area contributed by atoms with Crippen LogP contribution in [0, 0.1) is 11.3 Å². The lowest BCUT2D eigenvalue weighted by molar-refractivity contribution is -0.152. The quantitative estimate of drug-likeness (QED) is 0.752. The van der Waals surface area contributed by atoms with Crippen LogP contribution in [0.1, 0.15) is 18.4 Å². The minimum absolute atomic E-state index is 0.0353. The predicted molar refractivity (Wildman–Crippen MR) is 84.7 cm³/mol. The van der Waals surface area contributed by atoms with Crippen molar-refractivity contribution in [2.24, 2.45) is 0 Å². The first-order valence-electron chi connectivity index (χ1n) is 6.84. The molecule has 2 saturated heterocycles. The van der Waals surface area contributed by atoms with E-state index in [0.29, 0.717) is 18.6 Å². The lowest BCUT2D eigenvalue weighted by Crippen LogP contribution is -2.46. The molecule has 2 heterocycles. The van der Waals surface area contributed by atoms with Crippen LogP contribution in [0.5, 0.6) is 0 Å². The Morgan fingerprint density at radius 3 is 2.91 bits per heavy atom. The second-order valence-electron chi connectivity index (χ2n) is 5.15. The van der Waals surface area contributed by atoms with Gasteiger partial charge in [0.05, 0.1) is 0 Å². The van der Waals surface area contributed by atoms with E-state index < -0.39 is 16.9 Å². The number of ether oxygens (including phenoxy) is 1. The molecule has 2 fully saturated rings. The molecule has 0 radical (unpaired) electrons. The van der Waals surface area contributed by atoms with Crippen LogP contribution in [-0.2, 0) is 19.2 Å². The SMILES string of the molecule is N#CCOC(=O)[C@@H]1CS[C@]2(c3ccc(Br)cc3)CCC(=O)N12. The second kappa shape index (κ2) is 5.94. The van der Waals surface area contributed by atoms with Crippen LogP contribution in [0.2, 0.25) is 0 Å². The van der Waals surface area contributed by atoms with E-state index in [1.807, 2.05) is 24.3 Å². The molecule has 2 aliphatic rings. The van der Waals surface area contributed by atoms with Gasteiger partial charge in [0.25, 0.3) is 0 Å². The van der Waals surface area contributed by atoms with Gasteiger partial charge in [0.1, 0.15) is 17.0 Å². The summed E-state index contributed by atoms with van der Waals surface area (Å²) in [4.78, 5) is 25.6. The molecule has 7 heteroatoms. The van der Waals surface area contributed by atoms with Crippen LogP contribution in [0.4, 0.5) is 0 Å². The molecule has 0 bridgehead atoms. The number of benzene rings is 1. The van der Waals surface area contributed by atoms with E-state index >= 15 is 0 Å². The molecular weight excluding hydrogens is 368 g/mol. The Morgan fingerprint density at radius 2 is 2.23 bits per heavy atom.